The first kappa shape index (κ1) is 13.8. The van der Waals surface area contributed by atoms with E-state index in [1.54, 1.807) is 0 Å². The highest BCUT2D eigenvalue weighted by Crippen LogP contribution is 2.29. The Morgan fingerprint density at radius 2 is 2.06 bits per heavy atom. The predicted octanol–water partition coefficient (Wildman–Crippen LogP) is 1.09. The number of hydrogen-bond acceptors (Lipinski definition) is 3. The lowest BCUT2D eigenvalue weighted by Gasteiger charge is -2.42. The Bertz CT molecular complexity index is 295. The van der Waals surface area contributed by atoms with E-state index in [9.17, 15) is 4.79 Å². The van der Waals surface area contributed by atoms with Gasteiger partial charge in [0, 0.05) is 31.1 Å². The Hall–Kier alpha value is -0.610. The smallest absolute Gasteiger partial charge is 0.226 e. The molecule has 0 spiro atoms. The Morgan fingerprint density at radius 3 is 2.72 bits per heavy atom. The van der Waals surface area contributed by atoms with Gasteiger partial charge in [-0.05, 0) is 38.0 Å². The minimum absolute atomic E-state index is 0.146. The van der Waals surface area contributed by atoms with Crippen LogP contribution in [0, 0.1) is 11.8 Å². The van der Waals surface area contributed by atoms with Crippen molar-refractivity contribution in [3.05, 3.63) is 0 Å². The van der Waals surface area contributed by atoms with E-state index in [1.165, 1.54) is 6.42 Å². The van der Waals surface area contributed by atoms with Crippen LogP contribution in [-0.4, -0.2) is 36.0 Å². The average Bonchev–Trinajstić information content (AvgIpc) is 2.37. The predicted molar refractivity (Wildman–Crippen MR) is 72.9 cm³/mol. The molecular weight excluding hydrogens is 226 g/mol. The second-order valence-corrected chi connectivity index (χ2v) is 6.08. The molecule has 4 atom stereocenters. The fourth-order valence-electron chi connectivity index (χ4n) is 3.57. The zero-order valence-corrected chi connectivity index (χ0v) is 11.5. The average molecular weight is 253 g/mol. The number of nitrogens with two attached hydrogens (primary N) is 2. The van der Waals surface area contributed by atoms with Gasteiger partial charge in [0.15, 0.2) is 0 Å². The van der Waals surface area contributed by atoms with E-state index in [0.29, 0.717) is 18.4 Å². The van der Waals surface area contributed by atoms with Gasteiger partial charge in [0.2, 0.25) is 5.91 Å². The maximum Gasteiger partial charge on any atom is 0.226 e. The first-order chi connectivity index (χ1) is 8.63. The van der Waals surface area contributed by atoms with Gasteiger partial charge < -0.3 is 16.4 Å². The van der Waals surface area contributed by atoms with Crippen molar-refractivity contribution in [3.63, 3.8) is 0 Å². The molecule has 18 heavy (non-hydrogen) atoms. The second-order valence-electron chi connectivity index (χ2n) is 6.08. The van der Waals surface area contributed by atoms with Gasteiger partial charge in [-0.3, -0.25) is 4.79 Å². The van der Waals surface area contributed by atoms with E-state index in [1.807, 2.05) is 0 Å². The summed E-state index contributed by atoms with van der Waals surface area (Å²) in [6, 6.07) is 0.454. The molecule has 2 rings (SSSR count). The molecule has 104 valence electrons. The van der Waals surface area contributed by atoms with Crippen molar-refractivity contribution in [2.24, 2.45) is 23.3 Å². The summed E-state index contributed by atoms with van der Waals surface area (Å²) in [6.45, 7) is 3.69. The number of piperidine rings is 1. The van der Waals surface area contributed by atoms with E-state index < -0.39 is 0 Å². The molecule has 1 saturated carbocycles. The summed E-state index contributed by atoms with van der Waals surface area (Å²) >= 11 is 0. The van der Waals surface area contributed by atoms with E-state index in [0.717, 1.165) is 38.6 Å². The molecule has 0 unspecified atom stereocenters. The lowest BCUT2D eigenvalue weighted by molar-refractivity contribution is -0.141. The lowest BCUT2D eigenvalue weighted by atomic mass is 9.83. The fourth-order valence-corrected chi connectivity index (χ4v) is 3.57. The van der Waals surface area contributed by atoms with Crippen molar-refractivity contribution in [2.45, 2.75) is 57.5 Å². The monoisotopic (exact) mass is 253 g/mol. The molecular formula is C14H27N3O. The summed E-state index contributed by atoms with van der Waals surface area (Å²) in [4.78, 5) is 14.7. The van der Waals surface area contributed by atoms with Crippen molar-refractivity contribution >= 4 is 5.91 Å². The highest BCUT2D eigenvalue weighted by molar-refractivity contribution is 5.79. The van der Waals surface area contributed by atoms with Crippen molar-refractivity contribution in [1.29, 1.82) is 0 Å². The third-order valence-electron chi connectivity index (χ3n) is 4.70. The number of carbonyl (C=O) groups excluding carboxylic acids is 1. The van der Waals surface area contributed by atoms with Gasteiger partial charge in [0.05, 0.1) is 0 Å². The second kappa shape index (κ2) is 6.02. The molecule has 1 aliphatic carbocycles. The van der Waals surface area contributed by atoms with Crippen LogP contribution in [0.4, 0.5) is 0 Å². The van der Waals surface area contributed by atoms with Crippen LogP contribution >= 0.6 is 0 Å². The number of likely N-dealkylation sites (tertiary alicyclic amines) is 1. The van der Waals surface area contributed by atoms with Gasteiger partial charge in [0.1, 0.15) is 0 Å². The number of rotatable bonds is 2. The topological polar surface area (TPSA) is 72.3 Å². The molecule has 1 amide bonds. The summed E-state index contributed by atoms with van der Waals surface area (Å²) in [5.41, 5.74) is 11.9. The molecule has 1 aliphatic heterocycles. The van der Waals surface area contributed by atoms with Crippen molar-refractivity contribution in [1.82, 2.24) is 4.90 Å². The maximum absolute atomic E-state index is 12.6. The molecule has 4 N–H and O–H groups in total. The summed E-state index contributed by atoms with van der Waals surface area (Å²) in [7, 11) is 0. The summed E-state index contributed by atoms with van der Waals surface area (Å²) in [5.74, 6) is 0.991. The zero-order chi connectivity index (χ0) is 13.1. The highest BCUT2D eigenvalue weighted by atomic mass is 16.2. The van der Waals surface area contributed by atoms with Crippen molar-refractivity contribution < 1.29 is 4.79 Å². The van der Waals surface area contributed by atoms with Crippen LogP contribution in [-0.2, 0) is 4.79 Å². The molecule has 0 radical (unpaired) electrons. The van der Waals surface area contributed by atoms with Crippen LogP contribution in [0.25, 0.3) is 0 Å². The number of amides is 1. The van der Waals surface area contributed by atoms with Gasteiger partial charge in [-0.25, -0.2) is 0 Å². The van der Waals surface area contributed by atoms with Crippen molar-refractivity contribution in [3.8, 4) is 0 Å². The molecule has 0 bridgehead atoms. The Balaban J connectivity index is 2.02. The van der Waals surface area contributed by atoms with Crippen LogP contribution in [0.5, 0.6) is 0 Å². The van der Waals surface area contributed by atoms with E-state index in [2.05, 4.69) is 11.8 Å². The number of nitrogens with zero attached hydrogens (tertiary/aromatic N) is 1. The lowest BCUT2D eigenvalue weighted by Crippen LogP contribution is -2.53. The quantitative estimate of drug-likeness (QED) is 0.774. The Labute approximate surface area is 110 Å². The van der Waals surface area contributed by atoms with Gasteiger partial charge >= 0.3 is 0 Å². The Morgan fingerprint density at radius 1 is 1.28 bits per heavy atom. The van der Waals surface area contributed by atoms with Crippen LogP contribution < -0.4 is 11.5 Å². The maximum atomic E-state index is 12.6. The first-order valence-electron chi connectivity index (χ1n) is 7.39. The van der Waals surface area contributed by atoms with Gasteiger partial charge in [-0.1, -0.05) is 13.3 Å². The van der Waals surface area contributed by atoms with Crippen LogP contribution in [0.3, 0.4) is 0 Å². The minimum atomic E-state index is 0.146. The third kappa shape index (κ3) is 2.86. The van der Waals surface area contributed by atoms with Crippen LogP contribution in [0.15, 0.2) is 0 Å². The van der Waals surface area contributed by atoms with E-state index in [4.69, 9.17) is 11.5 Å². The van der Waals surface area contributed by atoms with Crippen LogP contribution in [0.1, 0.15) is 45.4 Å². The fraction of sp³-hybridized carbons (Fsp3) is 0.929. The van der Waals surface area contributed by atoms with Gasteiger partial charge in [0.25, 0.3) is 0 Å². The first-order valence-corrected chi connectivity index (χ1v) is 7.39. The highest BCUT2D eigenvalue weighted by Gasteiger charge is 2.35. The number of carbonyl (C=O) groups is 1. The molecule has 0 aromatic carbocycles. The standard InChI is InChI=1S/C14H27N3O/c1-10-4-3-7-17(13(10)9-15)14(18)11-5-2-6-12(16)8-11/h10-13H,2-9,15-16H2,1H3/t10-,11-,12+,13+/m1/s1. The molecule has 4 heteroatoms. The largest absolute Gasteiger partial charge is 0.338 e. The van der Waals surface area contributed by atoms with Gasteiger partial charge in [-0.15, -0.1) is 0 Å². The van der Waals surface area contributed by atoms with Crippen LogP contribution in [0.2, 0.25) is 0 Å². The molecule has 2 fully saturated rings. The molecule has 2 aliphatic rings. The van der Waals surface area contributed by atoms with Gasteiger partial charge in [-0.2, -0.15) is 0 Å². The number of hydrogen-bond donors (Lipinski definition) is 2. The molecule has 4 nitrogen and oxygen atoms in total. The summed E-state index contributed by atoms with van der Waals surface area (Å²) < 4.78 is 0. The summed E-state index contributed by atoms with van der Waals surface area (Å²) in [5, 5.41) is 0. The molecule has 1 saturated heterocycles. The molecule has 0 aromatic rings. The normalized spacial score (nSPS) is 37.6. The SMILES string of the molecule is C[C@@H]1CCCN(C(=O)[C@@H]2CCC[C@H](N)C2)[C@H]1CN. The third-order valence-corrected chi connectivity index (χ3v) is 4.70. The van der Waals surface area contributed by atoms with E-state index in [-0.39, 0.29) is 18.0 Å². The zero-order valence-electron chi connectivity index (χ0n) is 11.5. The minimum Gasteiger partial charge on any atom is -0.338 e. The Kier molecular flexibility index (Phi) is 4.62. The molecule has 1 heterocycles. The van der Waals surface area contributed by atoms with Crippen molar-refractivity contribution in [2.75, 3.05) is 13.1 Å². The molecule has 0 aromatic heterocycles. The summed E-state index contributed by atoms with van der Waals surface area (Å²) in [6.07, 6.45) is 6.34. The van der Waals surface area contributed by atoms with E-state index >= 15 is 0 Å².